The van der Waals surface area contributed by atoms with Crippen LogP contribution in [-0.4, -0.2) is 0 Å². The van der Waals surface area contributed by atoms with E-state index in [9.17, 15) is 22.0 Å². The van der Waals surface area contributed by atoms with Gasteiger partial charge in [-0.15, -0.1) is 0 Å². The van der Waals surface area contributed by atoms with Gasteiger partial charge in [-0.3, -0.25) is 0 Å². The van der Waals surface area contributed by atoms with Crippen molar-refractivity contribution < 1.29 is 22.0 Å². The molecule has 0 amide bonds. The Bertz CT molecular complexity index is 654. The first-order valence-electron chi connectivity index (χ1n) is 5.82. The van der Waals surface area contributed by atoms with Crippen LogP contribution in [0.2, 0.25) is 5.02 Å². The van der Waals surface area contributed by atoms with Gasteiger partial charge in [-0.1, -0.05) is 17.7 Å². The van der Waals surface area contributed by atoms with Crippen LogP contribution in [0.25, 0.3) is 0 Å². The highest BCUT2D eigenvalue weighted by Crippen LogP contribution is 2.33. The Kier molecular flexibility index (Phi) is 4.37. The summed E-state index contributed by atoms with van der Waals surface area (Å²) in [5.74, 6) is -1.96. The van der Waals surface area contributed by atoms with Crippen molar-refractivity contribution >= 4 is 17.3 Å². The third-order valence-corrected chi connectivity index (χ3v) is 3.06. The van der Waals surface area contributed by atoms with E-state index in [-0.39, 0.29) is 17.3 Å². The molecule has 2 aromatic rings. The van der Waals surface area contributed by atoms with E-state index >= 15 is 0 Å². The number of hydrogen-bond donors (Lipinski definition) is 1. The van der Waals surface area contributed by atoms with Crippen LogP contribution < -0.4 is 5.32 Å². The van der Waals surface area contributed by atoms with E-state index in [0.29, 0.717) is 11.6 Å². The molecule has 21 heavy (non-hydrogen) atoms. The predicted octanol–water partition coefficient (Wildman–Crippen LogP) is 5.25. The average molecular weight is 322 g/mol. The second kappa shape index (κ2) is 5.89. The third kappa shape index (κ3) is 3.85. The summed E-state index contributed by atoms with van der Waals surface area (Å²) in [7, 11) is 0. The van der Waals surface area contributed by atoms with Gasteiger partial charge in [0.05, 0.1) is 10.6 Å². The zero-order chi connectivity index (χ0) is 15.6. The molecule has 1 nitrogen and oxygen atoms in total. The van der Waals surface area contributed by atoms with Crippen molar-refractivity contribution in [2.24, 2.45) is 0 Å². The maximum absolute atomic E-state index is 13.2. The van der Waals surface area contributed by atoms with Crippen molar-refractivity contribution in [1.82, 2.24) is 0 Å². The van der Waals surface area contributed by atoms with E-state index in [0.717, 1.165) is 6.07 Å². The Balaban J connectivity index is 2.15. The van der Waals surface area contributed by atoms with E-state index in [4.69, 9.17) is 11.6 Å². The standard InChI is InChI=1S/C14H9ClF5N/c15-11-3-1-8(5-13(11)17)7-21-9-2-4-12(16)10(6-9)14(18,19)20/h1-6,21H,7H2. The van der Waals surface area contributed by atoms with Gasteiger partial charge >= 0.3 is 6.18 Å². The zero-order valence-corrected chi connectivity index (χ0v) is 11.2. The van der Waals surface area contributed by atoms with Crippen molar-refractivity contribution in [2.75, 3.05) is 5.32 Å². The number of anilines is 1. The van der Waals surface area contributed by atoms with Gasteiger partial charge in [-0.05, 0) is 35.9 Å². The lowest BCUT2D eigenvalue weighted by Crippen LogP contribution is -2.09. The highest BCUT2D eigenvalue weighted by atomic mass is 35.5. The minimum atomic E-state index is -4.77. The quantitative estimate of drug-likeness (QED) is 0.761. The monoisotopic (exact) mass is 321 g/mol. The Morgan fingerprint density at radius 2 is 1.67 bits per heavy atom. The summed E-state index contributed by atoms with van der Waals surface area (Å²) >= 11 is 5.52. The minimum Gasteiger partial charge on any atom is -0.381 e. The van der Waals surface area contributed by atoms with Gasteiger partial charge in [0.2, 0.25) is 0 Å². The Labute approximate surface area is 122 Å². The van der Waals surface area contributed by atoms with E-state index in [1.165, 1.54) is 24.3 Å². The fourth-order valence-electron chi connectivity index (χ4n) is 1.71. The first kappa shape index (κ1) is 15.6. The van der Waals surface area contributed by atoms with Crippen LogP contribution in [0.4, 0.5) is 27.6 Å². The fraction of sp³-hybridized carbons (Fsp3) is 0.143. The lowest BCUT2D eigenvalue weighted by molar-refractivity contribution is -0.139. The molecule has 0 saturated carbocycles. The van der Waals surface area contributed by atoms with Crippen molar-refractivity contribution in [2.45, 2.75) is 12.7 Å². The fourth-order valence-corrected chi connectivity index (χ4v) is 1.82. The molecule has 0 saturated heterocycles. The van der Waals surface area contributed by atoms with E-state index in [2.05, 4.69) is 5.32 Å². The molecule has 0 bridgehead atoms. The first-order chi connectivity index (χ1) is 9.77. The number of benzene rings is 2. The van der Waals surface area contributed by atoms with Gasteiger partial charge in [0, 0.05) is 12.2 Å². The van der Waals surface area contributed by atoms with Crippen LogP contribution in [0.15, 0.2) is 36.4 Å². The normalized spacial score (nSPS) is 11.5. The summed E-state index contributed by atoms with van der Waals surface area (Å²) in [6.45, 7) is 0.0804. The summed E-state index contributed by atoms with van der Waals surface area (Å²) in [5.41, 5.74) is -0.774. The van der Waals surface area contributed by atoms with Crippen LogP contribution in [0.5, 0.6) is 0 Å². The van der Waals surface area contributed by atoms with Gasteiger partial charge in [-0.25, -0.2) is 8.78 Å². The van der Waals surface area contributed by atoms with E-state index in [1.54, 1.807) is 0 Å². The van der Waals surface area contributed by atoms with Crippen LogP contribution >= 0.6 is 11.6 Å². The largest absolute Gasteiger partial charge is 0.419 e. The molecular weight excluding hydrogens is 313 g/mol. The lowest BCUT2D eigenvalue weighted by atomic mass is 10.1. The molecule has 0 unspecified atom stereocenters. The molecule has 0 aliphatic heterocycles. The summed E-state index contributed by atoms with van der Waals surface area (Å²) in [6, 6.07) is 6.63. The van der Waals surface area contributed by atoms with Gasteiger partial charge in [0.1, 0.15) is 11.6 Å². The van der Waals surface area contributed by atoms with Crippen molar-refractivity contribution in [1.29, 1.82) is 0 Å². The van der Waals surface area contributed by atoms with Crippen molar-refractivity contribution in [3.63, 3.8) is 0 Å². The summed E-state index contributed by atoms with van der Waals surface area (Å²) in [6.07, 6.45) is -4.77. The van der Waals surface area contributed by atoms with Crippen LogP contribution in [-0.2, 0) is 12.7 Å². The maximum Gasteiger partial charge on any atom is 0.419 e. The van der Waals surface area contributed by atoms with Gasteiger partial charge in [0.15, 0.2) is 0 Å². The molecule has 0 aliphatic carbocycles. The molecule has 0 aliphatic rings. The van der Waals surface area contributed by atoms with Gasteiger partial charge < -0.3 is 5.32 Å². The second-order valence-corrected chi connectivity index (χ2v) is 4.70. The van der Waals surface area contributed by atoms with E-state index < -0.39 is 23.4 Å². The zero-order valence-electron chi connectivity index (χ0n) is 10.4. The second-order valence-electron chi connectivity index (χ2n) is 4.29. The first-order valence-corrected chi connectivity index (χ1v) is 6.20. The molecule has 2 aromatic carbocycles. The molecule has 2 rings (SSSR count). The number of nitrogens with one attached hydrogen (secondary N) is 1. The van der Waals surface area contributed by atoms with E-state index in [1.807, 2.05) is 0 Å². The molecule has 7 heteroatoms. The lowest BCUT2D eigenvalue weighted by Gasteiger charge is -2.12. The summed E-state index contributed by atoms with van der Waals surface area (Å²) in [4.78, 5) is 0. The molecule has 0 spiro atoms. The minimum absolute atomic E-state index is 0.0418. The Hall–Kier alpha value is -1.82. The molecule has 0 aromatic heterocycles. The molecule has 0 atom stereocenters. The highest BCUT2D eigenvalue weighted by Gasteiger charge is 2.34. The maximum atomic E-state index is 13.2. The molecular formula is C14H9ClF5N. The number of alkyl halides is 3. The topological polar surface area (TPSA) is 12.0 Å². The van der Waals surface area contributed by atoms with Crippen molar-refractivity contribution in [3.8, 4) is 0 Å². The number of halogens is 6. The van der Waals surface area contributed by atoms with Gasteiger partial charge in [-0.2, -0.15) is 13.2 Å². The Morgan fingerprint density at radius 1 is 0.952 bits per heavy atom. The molecule has 0 fully saturated rings. The van der Waals surface area contributed by atoms with Crippen LogP contribution in [0, 0.1) is 11.6 Å². The number of rotatable bonds is 3. The van der Waals surface area contributed by atoms with Crippen molar-refractivity contribution in [3.05, 3.63) is 64.2 Å². The third-order valence-electron chi connectivity index (χ3n) is 2.75. The van der Waals surface area contributed by atoms with Gasteiger partial charge in [0.25, 0.3) is 0 Å². The molecule has 0 heterocycles. The summed E-state index contributed by atoms with van der Waals surface area (Å²) < 4.78 is 64.0. The summed E-state index contributed by atoms with van der Waals surface area (Å²) in [5, 5.41) is 2.63. The molecule has 0 radical (unpaired) electrons. The molecule has 112 valence electrons. The smallest absolute Gasteiger partial charge is 0.381 e. The SMILES string of the molecule is Fc1cc(CNc2ccc(F)c(C(F)(F)F)c2)ccc1Cl. The van der Waals surface area contributed by atoms with Crippen LogP contribution in [0.1, 0.15) is 11.1 Å². The molecule has 1 N–H and O–H groups in total. The van der Waals surface area contributed by atoms with Crippen LogP contribution in [0.3, 0.4) is 0 Å². The number of hydrogen-bond acceptors (Lipinski definition) is 1. The predicted molar refractivity (Wildman–Crippen MR) is 70.1 cm³/mol. The Morgan fingerprint density at radius 3 is 2.29 bits per heavy atom. The average Bonchev–Trinajstić information content (AvgIpc) is 2.40. The highest BCUT2D eigenvalue weighted by molar-refractivity contribution is 6.30.